The number of carbonyl (C=O) groups excluding carboxylic acids is 1. The molecule has 0 aliphatic carbocycles. The average molecular weight is 680 g/mol. The van der Waals surface area contributed by atoms with Crippen molar-refractivity contribution in [2.45, 2.75) is 148 Å². The second-order valence-corrected chi connectivity index (χ2v) is 14.1. The van der Waals surface area contributed by atoms with Crippen LogP contribution in [0.4, 0.5) is 0 Å². The lowest BCUT2D eigenvalue weighted by Crippen LogP contribution is -2.40. The van der Waals surface area contributed by atoms with Crippen molar-refractivity contribution in [2.24, 2.45) is 0 Å². The van der Waals surface area contributed by atoms with E-state index in [9.17, 15) is 29.3 Å². The molecule has 45 heavy (non-hydrogen) atoms. The van der Waals surface area contributed by atoms with Gasteiger partial charge < -0.3 is 25.2 Å². The van der Waals surface area contributed by atoms with Gasteiger partial charge in [-0.3, -0.25) is 28.2 Å². The summed E-state index contributed by atoms with van der Waals surface area (Å²) in [6.45, 7) is 5.12. The van der Waals surface area contributed by atoms with Crippen LogP contribution in [0.2, 0.25) is 0 Å². The molecular formula is C31H58N3O9PS. The third kappa shape index (κ3) is 19.7. The maximum atomic E-state index is 12.6. The molecule has 0 saturated carbocycles. The zero-order valence-electron chi connectivity index (χ0n) is 27.7. The summed E-state index contributed by atoms with van der Waals surface area (Å²) in [6, 6.07) is 0.734. The van der Waals surface area contributed by atoms with Gasteiger partial charge in [-0.05, 0) is 32.5 Å². The molecule has 4 atom stereocenters. The molecule has 0 aliphatic heterocycles. The molecule has 1 aromatic heterocycles. The quantitative estimate of drug-likeness (QED) is 0.0418. The van der Waals surface area contributed by atoms with Crippen molar-refractivity contribution in [3.05, 3.63) is 27.4 Å². The highest BCUT2D eigenvalue weighted by Gasteiger charge is 2.33. The molecule has 12 nitrogen and oxygen atoms in total. The van der Waals surface area contributed by atoms with Crippen LogP contribution >= 0.6 is 20.0 Å². The van der Waals surface area contributed by atoms with Gasteiger partial charge in [0.25, 0.3) is 5.56 Å². The second kappa shape index (κ2) is 23.0. The Labute approximate surface area is 273 Å². The first kappa shape index (κ1) is 41.6. The summed E-state index contributed by atoms with van der Waals surface area (Å²) in [5.74, 6) is -0.269. The van der Waals surface area contributed by atoms with E-state index in [1.807, 2.05) is 0 Å². The Morgan fingerprint density at radius 2 is 1.51 bits per heavy atom. The molecule has 0 bridgehead atoms. The van der Waals surface area contributed by atoms with Gasteiger partial charge in [0.15, 0.2) is 11.0 Å². The summed E-state index contributed by atoms with van der Waals surface area (Å²) in [7, 11) is -4.58. The second-order valence-electron chi connectivity index (χ2n) is 12.3. The fraction of sp³-hybridized carbons (Fsp3) is 0.839. The first-order valence-electron chi connectivity index (χ1n) is 16.5. The van der Waals surface area contributed by atoms with E-state index in [0.29, 0.717) is 6.42 Å². The maximum Gasteiger partial charge on any atom is 0.472 e. The van der Waals surface area contributed by atoms with Gasteiger partial charge in [-0.25, -0.2) is 4.57 Å². The van der Waals surface area contributed by atoms with Crippen LogP contribution in [-0.4, -0.2) is 68.1 Å². The smallest absolute Gasteiger partial charge is 0.394 e. The van der Waals surface area contributed by atoms with E-state index in [0.717, 1.165) is 19.3 Å². The average Bonchev–Trinajstić information content (AvgIpc) is 2.96. The highest BCUT2D eigenvalue weighted by atomic mass is 32.1. The third-order valence-corrected chi connectivity index (χ3v) is 8.67. The van der Waals surface area contributed by atoms with Gasteiger partial charge in [0.1, 0.15) is 11.7 Å². The van der Waals surface area contributed by atoms with E-state index in [2.05, 4.69) is 17.2 Å². The van der Waals surface area contributed by atoms with E-state index >= 15 is 0 Å². The van der Waals surface area contributed by atoms with E-state index in [4.69, 9.17) is 26.0 Å². The van der Waals surface area contributed by atoms with Gasteiger partial charge in [0.2, 0.25) is 5.91 Å². The zero-order chi connectivity index (χ0) is 33.7. The number of phosphoric ester groups is 1. The summed E-state index contributed by atoms with van der Waals surface area (Å²) >= 11 is 5.16. The topological polar surface area (TPSA) is 172 Å². The lowest BCUT2D eigenvalue weighted by Gasteiger charge is -2.34. The van der Waals surface area contributed by atoms with Crippen molar-refractivity contribution in [1.82, 2.24) is 14.9 Å². The number of nitrogens with zero attached hydrogens (tertiary/aromatic N) is 1. The summed E-state index contributed by atoms with van der Waals surface area (Å²) in [5.41, 5.74) is -1.96. The van der Waals surface area contributed by atoms with Gasteiger partial charge in [0.05, 0.1) is 25.9 Å². The fourth-order valence-corrected chi connectivity index (χ4v) is 6.03. The molecular weight excluding hydrogens is 621 g/mol. The Hall–Kier alpha value is -1.44. The molecule has 262 valence electrons. The molecule has 0 aliphatic rings. The third-order valence-electron chi connectivity index (χ3n) is 7.41. The summed E-state index contributed by atoms with van der Waals surface area (Å²) in [5, 5.41) is 23.2. The van der Waals surface area contributed by atoms with Gasteiger partial charge in [-0.1, -0.05) is 96.8 Å². The van der Waals surface area contributed by atoms with Crippen LogP contribution < -0.4 is 10.9 Å². The number of unbranched alkanes of at least 4 members (excludes halogenated alkanes) is 13. The first-order chi connectivity index (χ1) is 21.3. The molecule has 1 heterocycles. The summed E-state index contributed by atoms with van der Waals surface area (Å²) in [6.07, 6.45) is 16.9. The van der Waals surface area contributed by atoms with Crippen LogP contribution in [0.1, 0.15) is 130 Å². The number of aliphatic hydroxyl groups is 2. The number of H-pyrrole nitrogens is 1. The van der Waals surface area contributed by atoms with Crippen LogP contribution in [0, 0.1) is 4.77 Å². The lowest BCUT2D eigenvalue weighted by atomic mass is 10.0. The number of amides is 1. The van der Waals surface area contributed by atoms with Crippen molar-refractivity contribution in [3.8, 4) is 0 Å². The van der Waals surface area contributed by atoms with E-state index in [1.54, 1.807) is 0 Å². The number of hydrogen-bond acceptors (Lipinski definition) is 9. The summed E-state index contributed by atoms with van der Waals surface area (Å²) in [4.78, 5) is 36.0. The highest BCUT2D eigenvalue weighted by Crippen LogP contribution is 2.43. The Morgan fingerprint density at radius 1 is 1.00 bits per heavy atom. The molecule has 14 heteroatoms. The number of phosphoric acid groups is 1. The number of aliphatic hydroxyl groups excluding tert-OH is 1. The Kier molecular flexibility index (Phi) is 21.2. The molecule has 1 amide bonds. The molecule has 5 N–H and O–H groups in total. The van der Waals surface area contributed by atoms with Gasteiger partial charge >= 0.3 is 7.82 Å². The molecule has 0 radical (unpaired) electrons. The number of hydrogen-bond donors (Lipinski definition) is 5. The van der Waals surface area contributed by atoms with Gasteiger partial charge in [-0.2, -0.15) is 0 Å². The molecule has 1 rings (SSSR count). The molecule has 0 saturated heterocycles. The number of ether oxygens (including phenoxy) is 1. The Bertz CT molecular complexity index is 1110. The number of carbonyl (C=O) groups is 1. The van der Waals surface area contributed by atoms with Gasteiger partial charge in [0, 0.05) is 19.2 Å². The van der Waals surface area contributed by atoms with Crippen molar-refractivity contribution in [3.63, 3.8) is 0 Å². The molecule has 0 fully saturated rings. The van der Waals surface area contributed by atoms with Crippen molar-refractivity contribution in [1.29, 1.82) is 0 Å². The monoisotopic (exact) mass is 679 g/mol. The first-order valence-corrected chi connectivity index (χ1v) is 18.4. The number of aromatic amines is 1. The van der Waals surface area contributed by atoms with Crippen LogP contribution in [0.25, 0.3) is 0 Å². The SMILES string of the molecule is CCCCCCCCCCCCCCCC[C@H](COP(=O)(O)OC[C@H](CO)O[C@@H](n1ccc(=O)[nH]c1=S)C(C)(C)O)NC(C)=O. The maximum absolute atomic E-state index is 12.6. The minimum Gasteiger partial charge on any atom is -0.394 e. The number of rotatable bonds is 27. The van der Waals surface area contributed by atoms with Crippen LogP contribution in [0.3, 0.4) is 0 Å². The number of aromatic nitrogens is 2. The lowest BCUT2D eigenvalue weighted by molar-refractivity contribution is -0.173. The number of nitrogens with one attached hydrogen (secondary N) is 2. The van der Waals surface area contributed by atoms with Gasteiger partial charge in [-0.15, -0.1) is 0 Å². The van der Waals surface area contributed by atoms with Crippen molar-refractivity contribution < 1.29 is 38.3 Å². The van der Waals surface area contributed by atoms with E-state index < -0.39 is 50.6 Å². The Morgan fingerprint density at radius 3 is 1.98 bits per heavy atom. The molecule has 0 spiro atoms. The molecule has 1 aromatic rings. The standard InChI is InChI=1S/C31H58N3O9PS/c1-5-6-7-8-9-10-11-12-13-14-15-16-17-18-19-26(32-25(2)36)23-41-44(39,40)42-24-27(22-35)43-29(31(3,4)38)34-21-20-28(37)33-30(34)45/h20-21,26-27,29,35,38H,5-19,22-24H2,1-4H3,(H,32,36)(H,39,40)(H,33,37,45)/t26-,27+,29-/m1/s1. The molecule has 0 aromatic carbocycles. The zero-order valence-corrected chi connectivity index (χ0v) is 29.4. The fourth-order valence-electron chi connectivity index (χ4n) is 4.97. The normalized spacial score (nSPS) is 15.4. The van der Waals surface area contributed by atoms with Crippen molar-refractivity contribution in [2.75, 3.05) is 19.8 Å². The summed E-state index contributed by atoms with van der Waals surface area (Å²) < 4.78 is 29.9. The predicted octanol–water partition coefficient (Wildman–Crippen LogP) is 6.06. The minimum absolute atomic E-state index is 0.0220. The minimum atomic E-state index is -4.58. The van der Waals surface area contributed by atoms with E-state index in [-0.39, 0.29) is 17.3 Å². The highest BCUT2D eigenvalue weighted by molar-refractivity contribution is 7.71. The van der Waals surface area contributed by atoms with Crippen LogP contribution in [0.15, 0.2) is 17.1 Å². The van der Waals surface area contributed by atoms with Crippen LogP contribution in [-0.2, 0) is 23.1 Å². The predicted molar refractivity (Wildman–Crippen MR) is 177 cm³/mol. The molecule has 1 unspecified atom stereocenters. The Balaban J connectivity index is 2.44. The largest absolute Gasteiger partial charge is 0.472 e. The van der Waals surface area contributed by atoms with Crippen LogP contribution in [0.5, 0.6) is 0 Å². The van der Waals surface area contributed by atoms with Crippen molar-refractivity contribution >= 4 is 25.9 Å². The van der Waals surface area contributed by atoms with E-state index in [1.165, 1.54) is 108 Å².